The Morgan fingerprint density at radius 2 is 1.86 bits per heavy atom. The summed E-state index contributed by atoms with van der Waals surface area (Å²) >= 11 is 1.33. The van der Waals surface area contributed by atoms with E-state index in [0.29, 0.717) is 21.7 Å². The van der Waals surface area contributed by atoms with Crippen LogP contribution < -0.4 is 15.2 Å². The fourth-order valence-corrected chi connectivity index (χ4v) is 5.51. The van der Waals surface area contributed by atoms with E-state index < -0.39 is 5.82 Å². The van der Waals surface area contributed by atoms with Crippen LogP contribution in [0, 0.1) is 12.7 Å². The Labute approximate surface area is 210 Å². The van der Waals surface area contributed by atoms with E-state index in [0.717, 1.165) is 43.6 Å². The van der Waals surface area contributed by atoms with Crippen LogP contribution >= 0.6 is 11.3 Å². The van der Waals surface area contributed by atoms with Gasteiger partial charge in [-0.2, -0.15) is 4.98 Å². The fraction of sp³-hybridized carbons (Fsp3) is 0.280. The van der Waals surface area contributed by atoms with Crippen LogP contribution in [-0.4, -0.2) is 62.1 Å². The number of hydrogen-bond donors (Lipinski definition) is 0. The minimum atomic E-state index is -0.495. The van der Waals surface area contributed by atoms with E-state index in [1.54, 1.807) is 30.8 Å². The zero-order valence-electron chi connectivity index (χ0n) is 19.9. The standard InChI is InChI=1S/C25H24FN7O2S/c1-16-12-32-14-18(11-20(26)23(32)28-16)33-15-27-22-21(24(33)34)36-25(29-22)31-9-7-30(8-10-31)13-17-3-5-19(35-2)6-4-17/h3-6,11-12,14-15H,7-10,13H2,1-2H3. The van der Waals surface area contributed by atoms with Crippen LogP contribution in [0.4, 0.5) is 9.52 Å². The molecule has 0 amide bonds. The van der Waals surface area contributed by atoms with Crippen molar-refractivity contribution in [3.8, 4) is 11.4 Å². The molecule has 4 aromatic heterocycles. The lowest BCUT2D eigenvalue weighted by molar-refractivity contribution is 0.250. The van der Waals surface area contributed by atoms with Crippen molar-refractivity contribution in [3.05, 3.63) is 76.5 Å². The maximum atomic E-state index is 14.6. The molecule has 1 aromatic carbocycles. The van der Waals surface area contributed by atoms with Crippen LogP contribution in [0.5, 0.6) is 5.75 Å². The van der Waals surface area contributed by atoms with Gasteiger partial charge in [0, 0.05) is 51.2 Å². The molecule has 1 saturated heterocycles. The van der Waals surface area contributed by atoms with Crippen LogP contribution in [0.1, 0.15) is 11.3 Å². The van der Waals surface area contributed by atoms with Gasteiger partial charge in [0.2, 0.25) is 0 Å². The van der Waals surface area contributed by atoms with Crippen molar-refractivity contribution in [2.24, 2.45) is 0 Å². The second-order valence-electron chi connectivity index (χ2n) is 8.84. The zero-order chi connectivity index (χ0) is 24.8. The highest BCUT2D eigenvalue weighted by atomic mass is 32.1. The number of hydrogen-bond acceptors (Lipinski definition) is 8. The summed E-state index contributed by atoms with van der Waals surface area (Å²) in [4.78, 5) is 31.1. The van der Waals surface area contributed by atoms with Crippen LogP contribution in [0.15, 0.2) is 53.8 Å². The molecule has 11 heteroatoms. The van der Waals surface area contributed by atoms with Crippen LogP contribution in [0.25, 0.3) is 21.7 Å². The molecule has 6 rings (SSSR count). The first-order valence-corrected chi connectivity index (χ1v) is 12.4. The van der Waals surface area contributed by atoms with Gasteiger partial charge < -0.3 is 14.0 Å². The Morgan fingerprint density at radius 1 is 1.08 bits per heavy atom. The van der Waals surface area contributed by atoms with E-state index in [1.165, 1.54) is 33.9 Å². The maximum absolute atomic E-state index is 14.6. The summed E-state index contributed by atoms with van der Waals surface area (Å²) in [7, 11) is 1.67. The van der Waals surface area contributed by atoms with E-state index >= 15 is 0 Å². The molecule has 5 heterocycles. The summed E-state index contributed by atoms with van der Waals surface area (Å²) < 4.78 is 23.2. The van der Waals surface area contributed by atoms with E-state index in [2.05, 4.69) is 36.9 Å². The molecule has 0 atom stereocenters. The lowest BCUT2D eigenvalue weighted by Gasteiger charge is -2.34. The van der Waals surface area contributed by atoms with Crippen LogP contribution in [-0.2, 0) is 6.54 Å². The van der Waals surface area contributed by atoms with Gasteiger partial charge in [0.05, 0.1) is 18.5 Å². The van der Waals surface area contributed by atoms with E-state index in [9.17, 15) is 9.18 Å². The summed E-state index contributed by atoms with van der Waals surface area (Å²) in [5, 5.41) is 0.781. The van der Waals surface area contributed by atoms with Crippen molar-refractivity contribution in [3.63, 3.8) is 0 Å². The third-order valence-corrected chi connectivity index (χ3v) is 7.50. The normalized spacial score (nSPS) is 14.7. The molecule has 0 saturated carbocycles. The number of anilines is 1. The number of imidazole rings is 1. The molecule has 1 fully saturated rings. The number of aromatic nitrogens is 5. The molecule has 5 aromatic rings. The molecule has 36 heavy (non-hydrogen) atoms. The SMILES string of the molecule is COc1ccc(CN2CCN(c3nc4ncn(-c5cc(F)c6nc(C)cn6c5)c(=O)c4s3)CC2)cc1. The second-order valence-corrected chi connectivity index (χ2v) is 9.82. The van der Waals surface area contributed by atoms with Gasteiger partial charge in [0.1, 0.15) is 16.8 Å². The number of thiazole rings is 1. The van der Waals surface area contributed by atoms with Crippen molar-refractivity contribution in [2.45, 2.75) is 13.5 Å². The molecule has 1 aliphatic rings. The largest absolute Gasteiger partial charge is 0.497 e. The number of rotatable bonds is 5. The van der Waals surface area contributed by atoms with Crippen molar-refractivity contribution < 1.29 is 9.13 Å². The minimum absolute atomic E-state index is 0.226. The number of nitrogens with zero attached hydrogens (tertiary/aromatic N) is 7. The van der Waals surface area contributed by atoms with Crippen molar-refractivity contribution in [1.29, 1.82) is 0 Å². The highest BCUT2D eigenvalue weighted by Gasteiger charge is 2.22. The number of benzene rings is 1. The average Bonchev–Trinajstić information content (AvgIpc) is 3.49. The van der Waals surface area contributed by atoms with Gasteiger partial charge in [-0.05, 0) is 24.6 Å². The van der Waals surface area contributed by atoms with E-state index in [-0.39, 0.29) is 11.2 Å². The predicted octanol–water partition coefficient (Wildman–Crippen LogP) is 3.27. The molecule has 0 aliphatic carbocycles. The number of pyridine rings is 1. The van der Waals surface area contributed by atoms with Gasteiger partial charge in [0.25, 0.3) is 5.56 Å². The third kappa shape index (κ3) is 4.10. The summed E-state index contributed by atoms with van der Waals surface area (Å²) in [6, 6.07) is 9.45. The monoisotopic (exact) mass is 505 g/mol. The number of fused-ring (bicyclic) bond motifs is 2. The van der Waals surface area contributed by atoms with Crippen molar-refractivity contribution >= 4 is 32.5 Å². The Balaban J connectivity index is 1.21. The zero-order valence-corrected chi connectivity index (χ0v) is 20.7. The van der Waals surface area contributed by atoms with Crippen LogP contribution in [0.3, 0.4) is 0 Å². The van der Waals surface area contributed by atoms with Gasteiger partial charge >= 0.3 is 0 Å². The first-order valence-electron chi connectivity index (χ1n) is 11.6. The molecule has 0 unspecified atom stereocenters. The number of methoxy groups -OCH3 is 1. The smallest absolute Gasteiger partial charge is 0.277 e. The van der Waals surface area contributed by atoms with Gasteiger partial charge in [0.15, 0.2) is 22.2 Å². The molecule has 1 aliphatic heterocycles. The first-order chi connectivity index (χ1) is 17.5. The van der Waals surface area contributed by atoms with Gasteiger partial charge in [-0.25, -0.2) is 14.4 Å². The Hall–Kier alpha value is -3.83. The molecule has 0 N–H and O–H groups in total. The Morgan fingerprint density at radius 3 is 2.61 bits per heavy atom. The Bertz CT molecular complexity index is 1620. The quantitative estimate of drug-likeness (QED) is 0.363. The number of halogens is 1. The molecular formula is C25H24FN7O2S. The van der Waals surface area contributed by atoms with Crippen LogP contribution in [0.2, 0.25) is 0 Å². The summed E-state index contributed by atoms with van der Waals surface area (Å²) in [5.41, 5.74) is 2.70. The molecular weight excluding hydrogens is 481 g/mol. The van der Waals surface area contributed by atoms with Crippen molar-refractivity contribution in [2.75, 3.05) is 38.2 Å². The number of aryl methyl sites for hydroxylation is 1. The molecule has 0 bridgehead atoms. The number of piperazine rings is 1. The molecule has 0 spiro atoms. The third-order valence-electron chi connectivity index (χ3n) is 6.41. The summed E-state index contributed by atoms with van der Waals surface area (Å²) in [6.45, 7) is 6.08. The second kappa shape index (κ2) is 8.99. The van der Waals surface area contributed by atoms with Crippen molar-refractivity contribution in [1.82, 2.24) is 28.8 Å². The van der Waals surface area contributed by atoms with E-state index in [1.807, 2.05) is 12.1 Å². The highest BCUT2D eigenvalue weighted by molar-refractivity contribution is 7.22. The highest BCUT2D eigenvalue weighted by Crippen LogP contribution is 2.27. The maximum Gasteiger partial charge on any atom is 0.277 e. The number of ether oxygens (including phenoxy) is 1. The van der Waals surface area contributed by atoms with Gasteiger partial charge in [-0.3, -0.25) is 14.3 Å². The molecule has 184 valence electrons. The summed E-state index contributed by atoms with van der Waals surface area (Å²) in [5.74, 6) is 0.361. The Kier molecular flexibility index (Phi) is 5.65. The van der Waals surface area contributed by atoms with E-state index in [4.69, 9.17) is 4.74 Å². The first kappa shape index (κ1) is 22.6. The minimum Gasteiger partial charge on any atom is -0.497 e. The van der Waals surface area contributed by atoms with Gasteiger partial charge in [-0.1, -0.05) is 23.5 Å². The van der Waals surface area contributed by atoms with Gasteiger partial charge in [-0.15, -0.1) is 0 Å². The lowest BCUT2D eigenvalue weighted by Crippen LogP contribution is -2.45. The summed E-state index contributed by atoms with van der Waals surface area (Å²) in [6.07, 6.45) is 4.81. The average molecular weight is 506 g/mol. The lowest BCUT2D eigenvalue weighted by atomic mass is 10.2. The predicted molar refractivity (Wildman–Crippen MR) is 137 cm³/mol. The molecule has 9 nitrogen and oxygen atoms in total. The fourth-order valence-electron chi connectivity index (χ4n) is 4.50. The topological polar surface area (TPSA) is 80.8 Å². The molecule has 0 radical (unpaired) electrons.